The maximum absolute atomic E-state index is 12.5. The van der Waals surface area contributed by atoms with Gasteiger partial charge in [-0.25, -0.2) is 0 Å². The Morgan fingerprint density at radius 3 is 2.70 bits per heavy atom. The van der Waals surface area contributed by atoms with Crippen molar-refractivity contribution in [3.63, 3.8) is 0 Å². The summed E-state index contributed by atoms with van der Waals surface area (Å²) in [6.07, 6.45) is 5.63. The number of amides is 2. The van der Waals surface area contributed by atoms with Crippen LogP contribution in [-0.2, 0) is 9.59 Å². The van der Waals surface area contributed by atoms with Crippen LogP contribution in [0.5, 0.6) is 0 Å². The van der Waals surface area contributed by atoms with E-state index in [2.05, 4.69) is 11.4 Å². The van der Waals surface area contributed by atoms with Crippen LogP contribution >= 0.6 is 0 Å². The lowest BCUT2D eigenvalue weighted by molar-refractivity contribution is -0.134. The summed E-state index contributed by atoms with van der Waals surface area (Å²) in [4.78, 5) is 28.1. The van der Waals surface area contributed by atoms with E-state index >= 15 is 0 Å². The van der Waals surface area contributed by atoms with Gasteiger partial charge in [-0.2, -0.15) is 5.26 Å². The molecule has 2 atom stereocenters. The van der Waals surface area contributed by atoms with Gasteiger partial charge in [0.15, 0.2) is 0 Å². The molecule has 1 heterocycles. The summed E-state index contributed by atoms with van der Waals surface area (Å²) >= 11 is 0. The Kier molecular flexibility index (Phi) is 6.85. The summed E-state index contributed by atoms with van der Waals surface area (Å²) in [5.74, 6) is 0.271. The predicted molar refractivity (Wildman–Crippen MR) is 87.4 cm³/mol. The number of nitrogens with one attached hydrogen (secondary N) is 1. The quantitative estimate of drug-likeness (QED) is 0.713. The van der Waals surface area contributed by atoms with E-state index in [0.29, 0.717) is 13.1 Å². The van der Waals surface area contributed by atoms with Crippen LogP contribution in [0.3, 0.4) is 0 Å². The highest BCUT2D eigenvalue weighted by Gasteiger charge is 2.32. The standard InChI is InChI=1S/C17H28N4O2/c1-2-8-21(11-7-18)17(23)14-5-6-15(12-14)19-13-16(22)20-9-3-4-10-20/h14-15,19H,2-6,8-13H2,1H3. The van der Waals surface area contributed by atoms with Gasteiger partial charge in [0.05, 0.1) is 12.6 Å². The fraction of sp³-hybridized carbons (Fsp3) is 0.824. The summed E-state index contributed by atoms with van der Waals surface area (Å²) in [7, 11) is 0. The van der Waals surface area contributed by atoms with E-state index in [1.54, 1.807) is 4.90 Å². The van der Waals surface area contributed by atoms with E-state index < -0.39 is 0 Å². The molecule has 0 aromatic carbocycles. The van der Waals surface area contributed by atoms with E-state index in [1.807, 2.05) is 11.8 Å². The number of rotatable bonds is 7. The molecule has 2 rings (SSSR count). The van der Waals surface area contributed by atoms with Gasteiger partial charge in [-0.3, -0.25) is 9.59 Å². The maximum Gasteiger partial charge on any atom is 0.236 e. The van der Waals surface area contributed by atoms with Crippen molar-refractivity contribution < 1.29 is 9.59 Å². The summed E-state index contributed by atoms with van der Waals surface area (Å²) in [6.45, 7) is 4.98. The van der Waals surface area contributed by atoms with Gasteiger partial charge >= 0.3 is 0 Å². The summed E-state index contributed by atoms with van der Waals surface area (Å²) < 4.78 is 0. The van der Waals surface area contributed by atoms with Crippen molar-refractivity contribution in [3.8, 4) is 6.07 Å². The molecule has 0 aromatic heterocycles. The van der Waals surface area contributed by atoms with E-state index in [0.717, 1.165) is 51.6 Å². The summed E-state index contributed by atoms with van der Waals surface area (Å²) in [6, 6.07) is 2.32. The van der Waals surface area contributed by atoms with Crippen molar-refractivity contribution in [2.45, 2.75) is 51.5 Å². The second kappa shape index (κ2) is 8.88. The average molecular weight is 320 g/mol. The molecule has 0 spiro atoms. The highest BCUT2D eigenvalue weighted by molar-refractivity contribution is 5.80. The second-order valence-electron chi connectivity index (χ2n) is 6.59. The minimum Gasteiger partial charge on any atom is -0.342 e. The van der Waals surface area contributed by atoms with Gasteiger partial charge in [-0.1, -0.05) is 6.92 Å². The van der Waals surface area contributed by atoms with Crippen LogP contribution in [0, 0.1) is 17.2 Å². The molecule has 1 saturated heterocycles. The van der Waals surface area contributed by atoms with Crippen LogP contribution in [0.2, 0.25) is 0 Å². The zero-order valence-corrected chi connectivity index (χ0v) is 14.1. The number of nitrogens with zero attached hydrogens (tertiary/aromatic N) is 3. The van der Waals surface area contributed by atoms with Crippen molar-refractivity contribution in [1.29, 1.82) is 5.26 Å². The fourth-order valence-electron chi connectivity index (χ4n) is 3.58. The van der Waals surface area contributed by atoms with Crippen LogP contribution < -0.4 is 5.32 Å². The van der Waals surface area contributed by atoms with Crippen LogP contribution in [0.15, 0.2) is 0 Å². The Bertz CT molecular complexity index is 454. The molecule has 2 amide bonds. The first-order chi connectivity index (χ1) is 11.2. The van der Waals surface area contributed by atoms with E-state index in [-0.39, 0.29) is 30.3 Å². The predicted octanol–water partition coefficient (Wildman–Crippen LogP) is 1.13. The molecule has 1 N–H and O–H groups in total. The molecule has 128 valence electrons. The molecule has 2 fully saturated rings. The van der Waals surface area contributed by atoms with Gasteiger partial charge in [0, 0.05) is 31.6 Å². The summed E-state index contributed by atoms with van der Waals surface area (Å²) in [5.41, 5.74) is 0. The molecule has 1 aliphatic carbocycles. The Labute approximate surface area is 138 Å². The van der Waals surface area contributed by atoms with Gasteiger partial charge in [0.2, 0.25) is 11.8 Å². The molecule has 1 saturated carbocycles. The number of carbonyl (C=O) groups is 2. The lowest BCUT2D eigenvalue weighted by atomic mass is 10.1. The number of hydrogen-bond acceptors (Lipinski definition) is 4. The van der Waals surface area contributed by atoms with Gasteiger partial charge in [0.25, 0.3) is 0 Å². The third-order valence-electron chi connectivity index (χ3n) is 4.85. The lowest BCUT2D eigenvalue weighted by Gasteiger charge is -2.23. The maximum atomic E-state index is 12.5. The van der Waals surface area contributed by atoms with E-state index in [9.17, 15) is 9.59 Å². The zero-order chi connectivity index (χ0) is 16.7. The number of carbonyl (C=O) groups excluding carboxylic acids is 2. The Morgan fingerprint density at radius 2 is 2.04 bits per heavy atom. The highest BCUT2D eigenvalue weighted by Crippen LogP contribution is 2.27. The van der Waals surface area contributed by atoms with Crippen molar-refractivity contribution in [3.05, 3.63) is 0 Å². The minimum atomic E-state index is -0.00529. The van der Waals surface area contributed by atoms with Crippen LogP contribution in [0.4, 0.5) is 0 Å². The lowest BCUT2D eigenvalue weighted by Crippen LogP contribution is -2.40. The number of nitriles is 1. The first-order valence-electron chi connectivity index (χ1n) is 8.82. The zero-order valence-electron chi connectivity index (χ0n) is 14.1. The molecule has 2 aliphatic rings. The Morgan fingerprint density at radius 1 is 1.30 bits per heavy atom. The molecule has 0 aromatic rings. The molecule has 2 unspecified atom stereocenters. The highest BCUT2D eigenvalue weighted by atomic mass is 16.2. The minimum absolute atomic E-state index is 0.00529. The SMILES string of the molecule is CCCN(CC#N)C(=O)C1CCC(NCC(=O)N2CCCC2)C1. The first-order valence-corrected chi connectivity index (χ1v) is 8.82. The topological polar surface area (TPSA) is 76.4 Å². The van der Waals surface area contributed by atoms with Gasteiger partial charge in [-0.15, -0.1) is 0 Å². The molecule has 6 heteroatoms. The number of hydrogen-bond donors (Lipinski definition) is 1. The molecule has 6 nitrogen and oxygen atoms in total. The molecular formula is C17H28N4O2. The van der Waals surface area contributed by atoms with E-state index in [1.165, 1.54) is 0 Å². The largest absolute Gasteiger partial charge is 0.342 e. The third kappa shape index (κ3) is 4.93. The Balaban J connectivity index is 1.75. The second-order valence-corrected chi connectivity index (χ2v) is 6.59. The smallest absolute Gasteiger partial charge is 0.236 e. The summed E-state index contributed by atoms with van der Waals surface area (Å²) in [5, 5.41) is 12.2. The molecule has 23 heavy (non-hydrogen) atoms. The van der Waals surface area contributed by atoms with Crippen LogP contribution in [-0.4, -0.2) is 60.4 Å². The van der Waals surface area contributed by atoms with Crippen molar-refractivity contribution in [1.82, 2.24) is 15.1 Å². The average Bonchev–Trinajstić information content (AvgIpc) is 3.23. The molecule has 0 radical (unpaired) electrons. The van der Waals surface area contributed by atoms with Crippen molar-refractivity contribution >= 4 is 11.8 Å². The number of likely N-dealkylation sites (tertiary alicyclic amines) is 1. The fourth-order valence-corrected chi connectivity index (χ4v) is 3.58. The van der Waals surface area contributed by atoms with Crippen molar-refractivity contribution in [2.24, 2.45) is 5.92 Å². The van der Waals surface area contributed by atoms with Gasteiger partial charge < -0.3 is 15.1 Å². The monoisotopic (exact) mass is 320 g/mol. The first kappa shape index (κ1) is 17.7. The van der Waals surface area contributed by atoms with Crippen LogP contribution in [0.25, 0.3) is 0 Å². The van der Waals surface area contributed by atoms with Crippen molar-refractivity contribution in [2.75, 3.05) is 32.7 Å². The van der Waals surface area contributed by atoms with Crippen LogP contribution in [0.1, 0.15) is 45.4 Å². The molecule has 0 bridgehead atoms. The normalized spacial score (nSPS) is 23.7. The van der Waals surface area contributed by atoms with E-state index in [4.69, 9.17) is 5.26 Å². The molecule has 1 aliphatic heterocycles. The van der Waals surface area contributed by atoms with Gasteiger partial charge in [-0.05, 0) is 38.5 Å². The molecular weight excluding hydrogens is 292 g/mol. The Hall–Kier alpha value is -1.61. The van der Waals surface area contributed by atoms with Gasteiger partial charge in [0.1, 0.15) is 6.54 Å². The third-order valence-corrected chi connectivity index (χ3v) is 4.85.